The molecule has 0 spiro atoms. The maximum atomic E-state index is 14.5. The molecule has 5 aliphatic carbocycles. The van der Waals surface area contributed by atoms with Crippen LogP contribution in [0.3, 0.4) is 0 Å². The van der Waals surface area contributed by atoms with E-state index < -0.39 is 10.8 Å². The van der Waals surface area contributed by atoms with Crippen LogP contribution in [0, 0.1) is 55.7 Å². The molecular formula is C33H49NO4. The number of hydrogen-bond donors (Lipinski definition) is 2. The fourth-order valence-corrected chi connectivity index (χ4v) is 10.6. The summed E-state index contributed by atoms with van der Waals surface area (Å²) >= 11 is 0. The number of nitrogens with one attached hydrogen (secondary N) is 1. The quantitative estimate of drug-likeness (QED) is 0.294. The van der Waals surface area contributed by atoms with E-state index in [0.717, 1.165) is 44.9 Å². The van der Waals surface area contributed by atoms with Crippen LogP contribution < -0.4 is 0 Å². The molecular weight excluding hydrogens is 474 g/mol. The van der Waals surface area contributed by atoms with E-state index in [1.807, 2.05) is 13.0 Å². The van der Waals surface area contributed by atoms with Crippen LogP contribution in [0.2, 0.25) is 0 Å². The molecule has 210 valence electrons. The van der Waals surface area contributed by atoms with Gasteiger partial charge in [0.05, 0.1) is 12.0 Å². The van der Waals surface area contributed by atoms with E-state index in [-0.39, 0.29) is 51.2 Å². The van der Waals surface area contributed by atoms with Crippen LogP contribution in [0.4, 0.5) is 0 Å². The third-order valence-electron chi connectivity index (χ3n) is 12.9. The lowest BCUT2D eigenvalue weighted by molar-refractivity contribution is -0.193. The molecule has 5 aliphatic rings. The first-order valence-corrected chi connectivity index (χ1v) is 14.9. The summed E-state index contributed by atoms with van der Waals surface area (Å²) in [5.41, 5.74) is 0.235. The number of esters is 1. The molecule has 0 aliphatic heterocycles. The van der Waals surface area contributed by atoms with Gasteiger partial charge in [-0.3, -0.25) is 9.59 Å². The van der Waals surface area contributed by atoms with Gasteiger partial charge in [-0.15, -0.1) is 0 Å². The van der Waals surface area contributed by atoms with Gasteiger partial charge in [-0.05, 0) is 97.9 Å². The number of carbonyl (C=O) groups is 2. The number of aliphatic hydroxyl groups is 1. The number of rotatable bonds is 3. The molecule has 0 amide bonds. The minimum atomic E-state index is -0.567. The lowest BCUT2D eigenvalue weighted by Crippen LogP contribution is -2.65. The molecule has 7 atom stereocenters. The second kappa shape index (κ2) is 8.30. The van der Waals surface area contributed by atoms with Crippen molar-refractivity contribution < 1.29 is 19.4 Å². The average Bonchev–Trinajstić information content (AvgIpc) is 2.82. The van der Waals surface area contributed by atoms with Crippen molar-refractivity contribution in [2.45, 2.75) is 107 Å². The van der Waals surface area contributed by atoms with E-state index in [9.17, 15) is 14.7 Å². The number of aliphatic hydroxyl groups excluding tert-OH is 1. The Morgan fingerprint density at radius 3 is 2.37 bits per heavy atom. The van der Waals surface area contributed by atoms with Crippen molar-refractivity contribution in [1.82, 2.24) is 0 Å². The first-order valence-electron chi connectivity index (χ1n) is 14.9. The van der Waals surface area contributed by atoms with Crippen molar-refractivity contribution in [2.24, 2.45) is 50.2 Å². The fraction of sp³-hybridized carbons (Fsp3) is 0.788. The van der Waals surface area contributed by atoms with E-state index >= 15 is 0 Å². The van der Waals surface area contributed by atoms with Gasteiger partial charge < -0.3 is 15.3 Å². The van der Waals surface area contributed by atoms with Crippen molar-refractivity contribution in [3.05, 3.63) is 23.0 Å². The predicted molar refractivity (Wildman–Crippen MR) is 150 cm³/mol. The predicted octanol–water partition coefficient (Wildman–Crippen LogP) is 7.60. The van der Waals surface area contributed by atoms with Crippen molar-refractivity contribution in [2.75, 3.05) is 6.61 Å². The minimum Gasteiger partial charge on any atom is -0.511 e. The number of carbonyl (C=O) groups excluding carboxylic acids is 2. The molecule has 0 aromatic rings. The maximum Gasteiger partial charge on any atom is 0.312 e. The summed E-state index contributed by atoms with van der Waals surface area (Å²) in [6.07, 6.45) is 10.1. The SMILES string of the molecule is CCOC(=O)[C@]12CCC(C)(C)C[C@H]1C1C(=O)C=C3[C@@]4(C)CC(C=N)=C(O)C(C)(C)[C@@H]4CC[C@@]3(C)[C@]1(C)CC2. The Hall–Kier alpha value is -1.91. The van der Waals surface area contributed by atoms with Crippen LogP contribution in [0.25, 0.3) is 0 Å². The summed E-state index contributed by atoms with van der Waals surface area (Å²) in [6.45, 7) is 18.1. The van der Waals surface area contributed by atoms with E-state index in [1.165, 1.54) is 11.8 Å². The van der Waals surface area contributed by atoms with Crippen molar-refractivity contribution >= 4 is 18.0 Å². The molecule has 0 radical (unpaired) electrons. The van der Waals surface area contributed by atoms with E-state index in [2.05, 4.69) is 48.5 Å². The van der Waals surface area contributed by atoms with Gasteiger partial charge in [0, 0.05) is 23.1 Å². The molecule has 5 nitrogen and oxygen atoms in total. The Bertz CT molecular complexity index is 1150. The van der Waals surface area contributed by atoms with Gasteiger partial charge in [0.1, 0.15) is 5.76 Å². The monoisotopic (exact) mass is 523 g/mol. The smallest absolute Gasteiger partial charge is 0.312 e. The average molecular weight is 524 g/mol. The van der Waals surface area contributed by atoms with Crippen LogP contribution in [-0.2, 0) is 14.3 Å². The molecule has 5 rings (SSSR count). The summed E-state index contributed by atoms with van der Waals surface area (Å²) < 4.78 is 5.72. The van der Waals surface area contributed by atoms with Gasteiger partial charge in [-0.25, -0.2) is 0 Å². The van der Waals surface area contributed by atoms with Crippen molar-refractivity contribution in [1.29, 1.82) is 5.41 Å². The van der Waals surface area contributed by atoms with Crippen LogP contribution in [0.15, 0.2) is 23.0 Å². The lowest BCUT2D eigenvalue weighted by atomic mass is 9.34. The van der Waals surface area contributed by atoms with Gasteiger partial charge in [0.15, 0.2) is 5.78 Å². The summed E-state index contributed by atoms with van der Waals surface area (Å²) in [4.78, 5) is 28.1. The standard InChI is InChI=1S/C33H49NO4/c1-9-38-27(37)33-14-12-28(2,3)18-21(33)25-22(35)16-24-30(6)17-20(19-34)26(36)29(4,5)23(30)10-11-31(24,7)32(25,8)13-15-33/h16,19,21,23,25,34,36H,9-15,17-18H2,1-8H3/t21-,23-,25?,30-,31+,32+,33-/m0/s1. The fourth-order valence-electron chi connectivity index (χ4n) is 10.6. The number of hydrogen-bond acceptors (Lipinski definition) is 5. The molecule has 0 saturated heterocycles. The Labute approximate surface area is 229 Å². The number of fused-ring (bicyclic) bond motifs is 7. The molecule has 1 unspecified atom stereocenters. The molecule has 0 aromatic carbocycles. The maximum absolute atomic E-state index is 14.5. The van der Waals surface area contributed by atoms with Crippen molar-refractivity contribution in [3.8, 4) is 0 Å². The van der Waals surface area contributed by atoms with E-state index in [1.54, 1.807) is 0 Å². The largest absolute Gasteiger partial charge is 0.511 e. The Morgan fingerprint density at radius 2 is 1.74 bits per heavy atom. The summed E-state index contributed by atoms with van der Waals surface area (Å²) in [7, 11) is 0. The van der Waals surface area contributed by atoms with Gasteiger partial charge in [-0.2, -0.15) is 0 Å². The van der Waals surface area contributed by atoms with E-state index in [0.29, 0.717) is 24.4 Å². The molecule has 0 bridgehead atoms. The Balaban J connectivity index is 1.67. The van der Waals surface area contributed by atoms with Crippen LogP contribution in [0.5, 0.6) is 0 Å². The zero-order valence-corrected chi connectivity index (χ0v) is 24.9. The lowest BCUT2D eigenvalue weighted by Gasteiger charge is -2.69. The number of ketones is 1. The summed E-state index contributed by atoms with van der Waals surface area (Å²) in [5.74, 6) is 0.424. The normalized spacial score (nSPS) is 45.1. The minimum absolute atomic E-state index is 0.0134. The van der Waals surface area contributed by atoms with Gasteiger partial charge >= 0.3 is 5.97 Å². The molecule has 0 aromatic heterocycles. The van der Waals surface area contributed by atoms with Crippen molar-refractivity contribution in [3.63, 3.8) is 0 Å². The Kier molecular flexibility index (Phi) is 6.04. The first kappa shape index (κ1) is 27.6. The highest BCUT2D eigenvalue weighted by atomic mass is 16.5. The molecule has 2 N–H and O–H groups in total. The highest BCUT2D eigenvalue weighted by Gasteiger charge is 2.71. The third-order valence-corrected chi connectivity index (χ3v) is 12.9. The summed E-state index contributed by atoms with van der Waals surface area (Å²) in [5, 5.41) is 19.2. The van der Waals surface area contributed by atoms with Gasteiger partial charge in [-0.1, -0.05) is 54.0 Å². The molecule has 3 saturated carbocycles. The van der Waals surface area contributed by atoms with Crippen LogP contribution >= 0.6 is 0 Å². The first-order chi connectivity index (χ1) is 17.5. The van der Waals surface area contributed by atoms with Crippen LogP contribution in [0.1, 0.15) is 107 Å². The molecule has 38 heavy (non-hydrogen) atoms. The van der Waals surface area contributed by atoms with Gasteiger partial charge in [0.25, 0.3) is 0 Å². The topological polar surface area (TPSA) is 87.5 Å². The summed E-state index contributed by atoms with van der Waals surface area (Å²) in [6, 6.07) is 0. The number of allylic oxidation sites excluding steroid dienone is 4. The molecule has 3 fully saturated rings. The zero-order valence-electron chi connectivity index (χ0n) is 24.9. The zero-order chi connectivity index (χ0) is 28.1. The van der Waals surface area contributed by atoms with Crippen LogP contribution in [-0.4, -0.2) is 29.7 Å². The Morgan fingerprint density at radius 1 is 1.08 bits per heavy atom. The van der Waals surface area contributed by atoms with Gasteiger partial charge in [0.2, 0.25) is 0 Å². The highest BCUT2D eigenvalue weighted by molar-refractivity contribution is 5.96. The highest BCUT2D eigenvalue weighted by Crippen LogP contribution is 2.75. The molecule has 5 heteroatoms. The van der Waals surface area contributed by atoms with E-state index in [4.69, 9.17) is 10.1 Å². The number of ether oxygens (including phenoxy) is 1. The molecule has 0 heterocycles. The second-order valence-electron chi connectivity index (χ2n) is 15.5. The third kappa shape index (κ3) is 3.32. The second-order valence-corrected chi connectivity index (χ2v) is 15.5.